The summed E-state index contributed by atoms with van der Waals surface area (Å²) in [6.45, 7) is 5.34. The number of rotatable bonds is 2. The van der Waals surface area contributed by atoms with E-state index in [0.717, 1.165) is 37.3 Å². The van der Waals surface area contributed by atoms with Crippen LogP contribution >= 0.6 is 15.9 Å². The molecule has 0 aliphatic carbocycles. The summed E-state index contributed by atoms with van der Waals surface area (Å²) in [7, 11) is 2.15. The van der Waals surface area contributed by atoms with E-state index in [0.29, 0.717) is 11.4 Å². The van der Waals surface area contributed by atoms with Gasteiger partial charge in [-0.25, -0.2) is 4.39 Å². The standard InChI is InChI=1S/C14H20BrFN2/c1-11-10-17(2)7-4-8-18(11)14-6-3-5-13(16)12(14)9-15/h3,5-6,11H,4,7-10H2,1-2H3. The number of hydrogen-bond donors (Lipinski definition) is 0. The summed E-state index contributed by atoms with van der Waals surface area (Å²) in [4.78, 5) is 4.68. The highest BCUT2D eigenvalue weighted by atomic mass is 79.9. The number of halogens is 2. The molecule has 0 amide bonds. The second kappa shape index (κ2) is 6.02. The fourth-order valence-corrected chi connectivity index (χ4v) is 3.23. The van der Waals surface area contributed by atoms with Crippen molar-refractivity contribution in [1.82, 2.24) is 4.90 Å². The van der Waals surface area contributed by atoms with Crippen LogP contribution in [0.25, 0.3) is 0 Å². The molecule has 1 heterocycles. The van der Waals surface area contributed by atoms with Gasteiger partial charge < -0.3 is 9.80 Å². The predicted molar refractivity (Wildman–Crippen MR) is 78.0 cm³/mol. The summed E-state index contributed by atoms with van der Waals surface area (Å²) in [5.41, 5.74) is 1.81. The normalized spacial score (nSPS) is 22.0. The molecular formula is C14H20BrFN2. The van der Waals surface area contributed by atoms with E-state index in [1.54, 1.807) is 6.07 Å². The van der Waals surface area contributed by atoms with Crippen molar-refractivity contribution >= 4 is 21.6 Å². The van der Waals surface area contributed by atoms with E-state index in [2.05, 4.69) is 39.7 Å². The van der Waals surface area contributed by atoms with E-state index in [1.165, 1.54) is 6.07 Å². The van der Waals surface area contributed by atoms with Gasteiger partial charge in [-0.1, -0.05) is 22.0 Å². The Balaban J connectivity index is 2.32. The molecule has 18 heavy (non-hydrogen) atoms. The van der Waals surface area contributed by atoms with Crippen molar-refractivity contribution in [2.24, 2.45) is 0 Å². The van der Waals surface area contributed by atoms with Crippen molar-refractivity contribution in [3.8, 4) is 0 Å². The summed E-state index contributed by atoms with van der Waals surface area (Å²) in [5, 5.41) is 0.564. The van der Waals surface area contributed by atoms with Gasteiger partial charge in [0.25, 0.3) is 0 Å². The van der Waals surface area contributed by atoms with Crippen LogP contribution < -0.4 is 4.90 Å². The van der Waals surface area contributed by atoms with Crippen LogP contribution in [-0.4, -0.2) is 37.6 Å². The minimum atomic E-state index is -0.117. The average Bonchev–Trinajstić information content (AvgIpc) is 2.49. The van der Waals surface area contributed by atoms with Gasteiger partial charge in [-0.3, -0.25) is 0 Å². The number of benzene rings is 1. The SMILES string of the molecule is CC1CN(C)CCCN1c1cccc(F)c1CBr. The fourth-order valence-electron chi connectivity index (χ4n) is 2.68. The van der Waals surface area contributed by atoms with Gasteiger partial charge in [-0.2, -0.15) is 0 Å². The van der Waals surface area contributed by atoms with Crippen LogP contribution in [0, 0.1) is 5.82 Å². The topological polar surface area (TPSA) is 6.48 Å². The van der Waals surface area contributed by atoms with Crippen molar-refractivity contribution < 1.29 is 4.39 Å². The van der Waals surface area contributed by atoms with Crippen LogP contribution in [0.15, 0.2) is 18.2 Å². The van der Waals surface area contributed by atoms with Gasteiger partial charge in [0.15, 0.2) is 0 Å². The summed E-state index contributed by atoms with van der Waals surface area (Å²) in [5.74, 6) is -0.117. The van der Waals surface area contributed by atoms with Gasteiger partial charge in [-0.15, -0.1) is 0 Å². The maximum Gasteiger partial charge on any atom is 0.129 e. The van der Waals surface area contributed by atoms with E-state index < -0.39 is 0 Å². The molecule has 2 rings (SSSR count). The molecule has 1 aromatic carbocycles. The van der Waals surface area contributed by atoms with Crippen LogP contribution in [0.2, 0.25) is 0 Å². The van der Waals surface area contributed by atoms with Gasteiger partial charge in [0.05, 0.1) is 0 Å². The van der Waals surface area contributed by atoms with Crippen molar-refractivity contribution in [1.29, 1.82) is 0 Å². The number of nitrogens with zero attached hydrogens (tertiary/aromatic N) is 2. The lowest BCUT2D eigenvalue weighted by Crippen LogP contribution is -2.38. The van der Waals surface area contributed by atoms with Crippen molar-refractivity contribution in [2.45, 2.75) is 24.7 Å². The molecule has 1 aliphatic rings. The lowest BCUT2D eigenvalue weighted by Gasteiger charge is -2.31. The molecule has 1 saturated heterocycles. The molecule has 1 aromatic rings. The van der Waals surface area contributed by atoms with Crippen LogP contribution in [0.3, 0.4) is 0 Å². The summed E-state index contributed by atoms with van der Waals surface area (Å²) in [6, 6.07) is 5.78. The molecule has 1 atom stereocenters. The lowest BCUT2D eigenvalue weighted by molar-refractivity contribution is 0.337. The molecule has 2 nitrogen and oxygen atoms in total. The number of likely N-dealkylation sites (N-methyl/N-ethyl adjacent to an activating group) is 1. The van der Waals surface area contributed by atoms with Gasteiger partial charge in [0, 0.05) is 35.7 Å². The third-order valence-corrected chi connectivity index (χ3v) is 4.14. The van der Waals surface area contributed by atoms with Gasteiger partial charge in [0.1, 0.15) is 5.82 Å². The molecule has 0 N–H and O–H groups in total. The Morgan fingerprint density at radius 2 is 2.17 bits per heavy atom. The van der Waals surface area contributed by atoms with E-state index in [9.17, 15) is 4.39 Å². The Labute approximate surface area is 117 Å². The molecule has 1 fully saturated rings. The van der Waals surface area contributed by atoms with Crippen LogP contribution in [0.1, 0.15) is 18.9 Å². The molecule has 0 spiro atoms. The predicted octanol–water partition coefficient (Wildman–Crippen LogP) is 3.25. The van der Waals surface area contributed by atoms with Crippen LogP contribution in [-0.2, 0) is 5.33 Å². The van der Waals surface area contributed by atoms with Gasteiger partial charge >= 0.3 is 0 Å². The fraction of sp³-hybridized carbons (Fsp3) is 0.571. The zero-order valence-electron chi connectivity index (χ0n) is 11.0. The molecule has 0 aromatic heterocycles. The zero-order chi connectivity index (χ0) is 13.1. The summed E-state index contributed by atoms with van der Waals surface area (Å²) < 4.78 is 13.8. The Morgan fingerprint density at radius 1 is 1.39 bits per heavy atom. The largest absolute Gasteiger partial charge is 0.367 e. The Hall–Kier alpha value is -0.610. The van der Waals surface area contributed by atoms with Crippen LogP contribution in [0.5, 0.6) is 0 Å². The maximum absolute atomic E-state index is 13.8. The third kappa shape index (κ3) is 2.86. The smallest absolute Gasteiger partial charge is 0.129 e. The first-order valence-electron chi connectivity index (χ1n) is 6.42. The third-order valence-electron chi connectivity index (χ3n) is 3.58. The molecular weight excluding hydrogens is 295 g/mol. The first kappa shape index (κ1) is 13.8. The number of alkyl halides is 1. The second-order valence-electron chi connectivity index (χ2n) is 5.03. The Morgan fingerprint density at radius 3 is 2.89 bits per heavy atom. The molecule has 1 aliphatic heterocycles. The van der Waals surface area contributed by atoms with Crippen molar-refractivity contribution in [2.75, 3.05) is 31.6 Å². The highest BCUT2D eigenvalue weighted by Crippen LogP contribution is 2.28. The highest BCUT2D eigenvalue weighted by molar-refractivity contribution is 9.08. The summed E-state index contributed by atoms with van der Waals surface area (Å²) in [6.07, 6.45) is 1.12. The first-order valence-corrected chi connectivity index (χ1v) is 7.54. The van der Waals surface area contributed by atoms with Crippen molar-refractivity contribution in [3.05, 3.63) is 29.6 Å². The van der Waals surface area contributed by atoms with Crippen LogP contribution in [0.4, 0.5) is 10.1 Å². The molecule has 4 heteroatoms. The van der Waals surface area contributed by atoms with Crippen molar-refractivity contribution in [3.63, 3.8) is 0 Å². The Bertz CT molecular complexity index is 411. The van der Waals surface area contributed by atoms with E-state index >= 15 is 0 Å². The quantitative estimate of drug-likeness (QED) is 0.773. The highest BCUT2D eigenvalue weighted by Gasteiger charge is 2.22. The molecule has 0 saturated carbocycles. The van der Waals surface area contributed by atoms with E-state index in [1.807, 2.05) is 6.07 Å². The lowest BCUT2D eigenvalue weighted by atomic mass is 10.1. The number of hydrogen-bond acceptors (Lipinski definition) is 2. The zero-order valence-corrected chi connectivity index (χ0v) is 12.6. The molecule has 100 valence electrons. The monoisotopic (exact) mass is 314 g/mol. The minimum absolute atomic E-state index is 0.117. The van der Waals surface area contributed by atoms with Gasteiger partial charge in [-0.05, 0) is 39.1 Å². The average molecular weight is 315 g/mol. The minimum Gasteiger partial charge on any atom is -0.367 e. The summed E-state index contributed by atoms with van der Waals surface area (Å²) >= 11 is 3.40. The maximum atomic E-state index is 13.8. The van der Waals surface area contributed by atoms with E-state index in [-0.39, 0.29) is 5.82 Å². The van der Waals surface area contributed by atoms with Gasteiger partial charge in [0.2, 0.25) is 0 Å². The molecule has 1 unspecified atom stereocenters. The Kier molecular flexibility index (Phi) is 4.62. The molecule has 0 bridgehead atoms. The molecule has 0 radical (unpaired) electrons. The first-order chi connectivity index (χ1) is 8.63. The number of anilines is 1. The van der Waals surface area contributed by atoms with E-state index in [4.69, 9.17) is 0 Å². The second-order valence-corrected chi connectivity index (χ2v) is 5.59.